The summed E-state index contributed by atoms with van der Waals surface area (Å²) in [6.45, 7) is 3.92. The average Bonchev–Trinajstić information content (AvgIpc) is 3.35. The van der Waals surface area contributed by atoms with Gasteiger partial charge in [-0.1, -0.05) is 12.1 Å². The van der Waals surface area contributed by atoms with Crippen LogP contribution in [0.1, 0.15) is 33.0 Å². The van der Waals surface area contributed by atoms with Crippen LogP contribution in [0.3, 0.4) is 0 Å². The summed E-state index contributed by atoms with van der Waals surface area (Å²) in [5.41, 5.74) is 3.34. The van der Waals surface area contributed by atoms with Gasteiger partial charge >= 0.3 is 0 Å². The maximum Gasteiger partial charge on any atom is 0.224 e. The first-order valence-electron chi connectivity index (χ1n) is 8.92. The van der Waals surface area contributed by atoms with Gasteiger partial charge in [0.2, 0.25) is 5.91 Å². The summed E-state index contributed by atoms with van der Waals surface area (Å²) < 4.78 is 1.99. The predicted molar refractivity (Wildman–Crippen MR) is 114 cm³/mol. The van der Waals surface area contributed by atoms with Gasteiger partial charge in [0, 0.05) is 57.2 Å². The molecule has 28 heavy (non-hydrogen) atoms. The second kappa shape index (κ2) is 7.69. The van der Waals surface area contributed by atoms with Crippen LogP contribution in [0.5, 0.6) is 0 Å². The Kier molecular flexibility index (Phi) is 5.11. The first-order chi connectivity index (χ1) is 13.5. The summed E-state index contributed by atoms with van der Waals surface area (Å²) >= 11 is 3.20. The molecule has 0 radical (unpaired) electrons. The second-order valence-corrected chi connectivity index (χ2v) is 8.93. The number of aryl methyl sites for hydroxylation is 2. The van der Waals surface area contributed by atoms with Crippen LogP contribution in [0.15, 0.2) is 48.1 Å². The molecule has 0 saturated heterocycles. The number of carbonyl (C=O) groups excluding carboxylic acids is 2. The van der Waals surface area contributed by atoms with Crippen molar-refractivity contribution >= 4 is 45.0 Å². The van der Waals surface area contributed by atoms with Crippen molar-refractivity contribution in [2.24, 2.45) is 0 Å². The zero-order valence-electron chi connectivity index (χ0n) is 15.6. The normalized spacial score (nSPS) is 11.1. The number of benzene rings is 1. The van der Waals surface area contributed by atoms with Crippen molar-refractivity contribution in [1.82, 2.24) is 9.38 Å². The predicted octanol–water partition coefficient (Wildman–Crippen LogP) is 5.34. The highest BCUT2D eigenvalue weighted by Crippen LogP contribution is 2.24. The van der Waals surface area contributed by atoms with E-state index in [4.69, 9.17) is 0 Å². The third-order valence-electron chi connectivity index (χ3n) is 4.48. The third-order valence-corrected chi connectivity index (χ3v) is 6.21. The molecule has 0 unspecified atom stereocenters. The molecule has 0 saturated carbocycles. The molecule has 0 spiro atoms. The van der Waals surface area contributed by atoms with Gasteiger partial charge in [-0.3, -0.25) is 14.0 Å². The van der Waals surface area contributed by atoms with Gasteiger partial charge in [-0.15, -0.1) is 22.7 Å². The highest BCUT2D eigenvalue weighted by molar-refractivity contribution is 7.15. The number of imidazole rings is 1. The first kappa shape index (κ1) is 18.6. The van der Waals surface area contributed by atoms with Crippen LogP contribution in [0.25, 0.3) is 16.2 Å². The molecule has 0 fully saturated rings. The molecule has 4 aromatic rings. The molecule has 4 rings (SSSR count). The smallest absolute Gasteiger partial charge is 0.224 e. The largest absolute Gasteiger partial charge is 0.326 e. The molecule has 1 aromatic carbocycles. The quantitative estimate of drug-likeness (QED) is 0.437. The van der Waals surface area contributed by atoms with E-state index in [0.717, 1.165) is 31.5 Å². The first-order valence-corrected chi connectivity index (χ1v) is 10.6. The van der Waals surface area contributed by atoms with Crippen LogP contribution in [-0.2, 0) is 4.79 Å². The summed E-state index contributed by atoms with van der Waals surface area (Å²) in [4.78, 5) is 32.2. The fourth-order valence-corrected chi connectivity index (χ4v) is 4.73. The average molecular weight is 410 g/mol. The molecule has 0 aliphatic heterocycles. The molecular formula is C21H19N3O2S2. The summed E-state index contributed by atoms with van der Waals surface area (Å²) in [6.07, 6.45) is 4.35. The van der Waals surface area contributed by atoms with Crippen molar-refractivity contribution in [2.75, 3.05) is 5.32 Å². The number of fused-ring (bicyclic) bond motifs is 1. The van der Waals surface area contributed by atoms with Gasteiger partial charge in [0.15, 0.2) is 10.7 Å². The Hall–Kier alpha value is -2.77. The SMILES string of the molecule is Cc1cc(C(=O)CCC(=O)Nc2ccc(-c3cn4ccsc4n3)cc2)c(C)s1. The van der Waals surface area contributed by atoms with Crippen molar-refractivity contribution < 1.29 is 9.59 Å². The van der Waals surface area contributed by atoms with E-state index in [2.05, 4.69) is 10.3 Å². The molecule has 1 amide bonds. The van der Waals surface area contributed by atoms with Crippen molar-refractivity contribution in [3.05, 3.63) is 63.4 Å². The molecule has 0 bridgehead atoms. The third kappa shape index (κ3) is 3.90. The lowest BCUT2D eigenvalue weighted by molar-refractivity contribution is -0.116. The van der Waals surface area contributed by atoms with Gasteiger partial charge in [-0.05, 0) is 32.0 Å². The van der Waals surface area contributed by atoms with E-state index < -0.39 is 0 Å². The number of nitrogens with zero attached hydrogens (tertiary/aromatic N) is 2. The molecule has 1 N–H and O–H groups in total. The molecular weight excluding hydrogens is 390 g/mol. The fraction of sp³-hybridized carbons (Fsp3) is 0.190. The Morgan fingerprint density at radius 3 is 2.61 bits per heavy atom. The highest BCUT2D eigenvalue weighted by Gasteiger charge is 2.14. The molecule has 142 valence electrons. The lowest BCUT2D eigenvalue weighted by atomic mass is 10.1. The standard InChI is InChI=1S/C21H19N3O2S2/c1-13-11-17(14(2)28-13)19(25)7-8-20(26)22-16-5-3-15(4-6-16)18-12-24-9-10-27-21(24)23-18/h3-6,9-12H,7-8H2,1-2H3,(H,22,26). The number of anilines is 1. The Balaban J connectivity index is 1.35. The van der Waals surface area contributed by atoms with Crippen LogP contribution in [0.4, 0.5) is 5.69 Å². The second-order valence-electron chi connectivity index (χ2n) is 6.59. The molecule has 0 atom stereocenters. The Labute approximate surface area is 170 Å². The Bertz CT molecular complexity index is 1120. The maximum absolute atomic E-state index is 12.3. The molecule has 3 aromatic heterocycles. The van der Waals surface area contributed by atoms with E-state index in [-0.39, 0.29) is 24.5 Å². The number of Topliss-reactive ketones (excluding diaryl/α,β-unsaturated/α-hetero) is 1. The monoisotopic (exact) mass is 409 g/mol. The van der Waals surface area contributed by atoms with Gasteiger partial charge in [0.25, 0.3) is 0 Å². The minimum absolute atomic E-state index is 0.0205. The number of ketones is 1. The topological polar surface area (TPSA) is 63.5 Å². The summed E-state index contributed by atoms with van der Waals surface area (Å²) in [5, 5.41) is 4.85. The summed E-state index contributed by atoms with van der Waals surface area (Å²) in [6, 6.07) is 9.48. The van der Waals surface area contributed by atoms with Crippen molar-refractivity contribution in [2.45, 2.75) is 26.7 Å². The fourth-order valence-electron chi connectivity index (χ4n) is 3.08. The van der Waals surface area contributed by atoms with Crippen LogP contribution >= 0.6 is 22.7 Å². The van der Waals surface area contributed by atoms with E-state index in [9.17, 15) is 9.59 Å². The van der Waals surface area contributed by atoms with Crippen molar-refractivity contribution in [1.29, 1.82) is 0 Å². The van der Waals surface area contributed by atoms with Crippen LogP contribution in [0, 0.1) is 13.8 Å². The van der Waals surface area contributed by atoms with Gasteiger partial charge in [-0.2, -0.15) is 0 Å². The number of thiazole rings is 1. The van der Waals surface area contributed by atoms with E-state index in [0.29, 0.717) is 5.69 Å². The molecule has 0 aliphatic rings. The van der Waals surface area contributed by atoms with E-state index in [1.165, 1.54) is 0 Å². The number of rotatable bonds is 6. The number of nitrogens with one attached hydrogen (secondary N) is 1. The van der Waals surface area contributed by atoms with Crippen molar-refractivity contribution in [3.63, 3.8) is 0 Å². The van der Waals surface area contributed by atoms with E-state index >= 15 is 0 Å². The zero-order valence-corrected chi connectivity index (χ0v) is 17.2. The lowest BCUT2D eigenvalue weighted by Crippen LogP contribution is -2.13. The minimum Gasteiger partial charge on any atom is -0.326 e. The lowest BCUT2D eigenvalue weighted by Gasteiger charge is -2.06. The van der Waals surface area contributed by atoms with Gasteiger partial charge in [0.05, 0.1) is 5.69 Å². The number of aromatic nitrogens is 2. The number of amides is 1. The molecule has 7 heteroatoms. The van der Waals surface area contributed by atoms with Crippen molar-refractivity contribution in [3.8, 4) is 11.3 Å². The number of hydrogen-bond acceptors (Lipinski definition) is 5. The zero-order chi connectivity index (χ0) is 19.7. The number of thiophene rings is 1. The molecule has 5 nitrogen and oxygen atoms in total. The van der Waals surface area contributed by atoms with Gasteiger partial charge in [-0.25, -0.2) is 4.98 Å². The van der Waals surface area contributed by atoms with Gasteiger partial charge < -0.3 is 5.32 Å². The molecule has 0 aliphatic carbocycles. The van der Waals surface area contributed by atoms with Crippen LogP contribution in [0.2, 0.25) is 0 Å². The Morgan fingerprint density at radius 2 is 1.93 bits per heavy atom. The maximum atomic E-state index is 12.3. The summed E-state index contributed by atoms with van der Waals surface area (Å²) in [5.74, 6) is -0.139. The van der Waals surface area contributed by atoms with Gasteiger partial charge in [0.1, 0.15) is 0 Å². The minimum atomic E-state index is -0.159. The van der Waals surface area contributed by atoms with Crippen LogP contribution in [-0.4, -0.2) is 21.1 Å². The highest BCUT2D eigenvalue weighted by atomic mass is 32.1. The molecule has 3 heterocycles. The van der Waals surface area contributed by atoms with E-state index in [1.807, 2.05) is 66.4 Å². The van der Waals surface area contributed by atoms with Crippen LogP contribution < -0.4 is 5.32 Å². The summed E-state index contributed by atoms with van der Waals surface area (Å²) in [7, 11) is 0. The van der Waals surface area contributed by atoms with E-state index in [1.54, 1.807) is 22.7 Å². The Morgan fingerprint density at radius 1 is 1.14 bits per heavy atom. The number of hydrogen-bond donors (Lipinski definition) is 1. The number of carbonyl (C=O) groups is 2.